The molecule has 2 heterocycles. The first-order valence-electron chi connectivity index (χ1n) is 6.95. The van der Waals surface area contributed by atoms with Crippen LogP contribution in [0.15, 0.2) is 12.4 Å². The van der Waals surface area contributed by atoms with Gasteiger partial charge in [-0.3, -0.25) is 4.98 Å². The first-order chi connectivity index (χ1) is 9.99. The highest BCUT2D eigenvalue weighted by Gasteiger charge is 2.25. The van der Waals surface area contributed by atoms with E-state index in [4.69, 9.17) is 5.73 Å². The maximum Gasteiger partial charge on any atom is 0.222 e. The Kier molecular flexibility index (Phi) is 4.52. The summed E-state index contributed by atoms with van der Waals surface area (Å²) in [6, 6.07) is 0. The van der Waals surface area contributed by atoms with Crippen molar-refractivity contribution in [3.8, 4) is 0 Å². The molecule has 0 saturated heterocycles. The molecule has 2 aromatic heterocycles. The summed E-state index contributed by atoms with van der Waals surface area (Å²) >= 11 is 0. The van der Waals surface area contributed by atoms with Crippen molar-refractivity contribution in [1.82, 2.24) is 15.0 Å². The van der Waals surface area contributed by atoms with Gasteiger partial charge in [0.1, 0.15) is 5.82 Å². The number of aliphatic hydroxyl groups excluding tert-OH is 1. The Bertz CT molecular complexity index is 636. The summed E-state index contributed by atoms with van der Waals surface area (Å²) in [7, 11) is 0. The molecular formula is C14H20FN5O. The molecule has 0 unspecified atom stereocenters. The molecule has 0 saturated carbocycles. The van der Waals surface area contributed by atoms with E-state index in [2.05, 4.69) is 27.2 Å². The van der Waals surface area contributed by atoms with Crippen molar-refractivity contribution < 1.29 is 9.50 Å². The standard InChI is InChI=1S/C14H20FN5O/c1-3-4-5-14(2,8-21)20-12-11-9(15)6-17-7-10(11)18-13(16)19-12/h6-7,21H,3-5,8H2,1-2H3,(H3,16,18,19,20)/t14-/m1/s1. The predicted octanol–water partition coefficient (Wildman–Crippen LogP) is 2.10. The zero-order chi connectivity index (χ0) is 15.5. The quantitative estimate of drug-likeness (QED) is 0.754. The Hall–Kier alpha value is -2.02. The van der Waals surface area contributed by atoms with Crippen molar-refractivity contribution in [1.29, 1.82) is 0 Å². The molecule has 0 aromatic carbocycles. The highest BCUT2D eigenvalue weighted by atomic mass is 19.1. The van der Waals surface area contributed by atoms with Crippen LogP contribution in [-0.4, -0.2) is 32.2 Å². The third kappa shape index (κ3) is 3.36. The predicted molar refractivity (Wildman–Crippen MR) is 80.3 cm³/mol. The van der Waals surface area contributed by atoms with E-state index in [1.54, 1.807) is 0 Å². The summed E-state index contributed by atoms with van der Waals surface area (Å²) < 4.78 is 14.0. The topological polar surface area (TPSA) is 97.0 Å². The molecule has 1 atom stereocenters. The number of hydrogen-bond donors (Lipinski definition) is 3. The van der Waals surface area contributed by atoms with Crippen molar-refractivity contribution in [3.05, 3.63) is 18.2 Å². The zero-order valence-electron chi connectivity index (χ0n) is 12.2. The SMILES string of the molecule is CCCC[C@](C)(CO)Nc1nc(N)nc2cncc(F)c12. The highest BCUT2D eigenvalue weighted by Crippen LogP contribution is 2.27. The van der Waals surface area contributed by atoms with Crippen molar-refractivity contribution >= 4 is 22.7 Å². The van der Waals surface area contributed by atoms with Crippen LogP contribution in [0.3, 0.4) is 0 Å². The van der Waals surface area contributed by atoms with E-state index in [9.17, 15) is 9.50 Å². The van der Waals surface area contributed by atoms with Gasteiger partial charge in [-0.25, -0.2) is 9.37 Å². The molecule has 2 aromatic rings. The fraction of sp³-hybridized carbons (Fsp3) is 0.500. The van der Waals surface area contributed by atoms with Crippen LogP contribution in [0.1, 0.15) is 33.1 Å². The van der Waals surface area contributed by atoms with Crippen LogP contribution in [-0.2, 0) is 0 Å². The number of nitrogens with two attached hydrogens (primary N) is 1. The first kappa shape index (κ1) is 15.4. The fourth-order valence-electron chi connectivity index (χ4n) is 2.19. The minimum atomic E-state index is -0.598. The third-order valence-electron chi connectivity index (χ3n) is 3.43. The number of aliphatic hydroxyl groups is 1. The lowest BCUT2D eigenvalue weighted by molar-refractivity contribution is 0.212. The summed E-state index contributed by atoms with van der Waals surface area (Å²) in [5, 5.41) is 13.0. The zero-order valence-corrected chi connectivity index (χ0v) is 12.2. The second-order valence-corrected chi connectivity index (χ2v) is 5.39. The van der Waals surface area contributed by atoms with Crippen LogP contribution >= 0.6 is 0 Å². The molecule has 114 valence electrons. The van der Waals surface area contributed by atoms with Gasteiger partial charge in [-0.15, -0.1) is 0 Å². The fourth-order valence-corrected chi connectivity index (χ4v) is 2.19. The van der Waals surface area contributed by atoms with E-state index in [1.165, 1.54) is 6.20 Å². The van der Waals surface area contributed by atoms with Gasteiger partial charge < -0.3 is 16.2 Å². The number of nitrogen functional groups attached to an aromatic ring is 1. The van der Waals surface area contributed by atoms with Gasteiger partial charge in [0.25, 0.3) is 0 Å². The molecule has 6 nitrogen and oxygen atoms in total. The van der Waals surface area contributed by atoms with E-state index in [0.29, 0.717) is 5.52 Å². The number of nitrogens with zero attached hydrogens (tertiary/aromatic N) is 3. The van der Waals surface area contributed by atoms with Crippen LogP contribution in [0.5, 0.6) is 0 Å². The molecule has 21 heavy (non-hydrogen) atoms. The van der Waals surface area contributed by atoms with Gasteiger partial charge >= 0.3 is 0 Å². The number of fused-ring (bicyclic) bond motifs is 1. The second kappa shape index (κ2) is 6.17. The lowest BCUT2D eigenvalue weighted by Crippen LogP contribution is -2.39. The molecule has 4 N–H and O–H groups in total. The Labute approximate surface area is 122 Å². The second-order valence-electron chi connectivity index (χ2n) is 5.39. The van der Waals surface area contributed by atoms with Crippen molar-refractivity contribution in [2.45, 2.75) is 38.6 Å². The van der Waals surface area contributed by atoms with E-state index >= 15 is 0 Å². The monoisotopic (exact) mass is 293 g/mol. The van der Waals surface area contributed by atoms with Crippen LogP contribution in [0.2, 0.25) is 0 Å². The van der Waals surface area contributed by atoms with Crippen LogP contribution in [0.4, 0.5) is 16.2 Å². The summed E-state index contributed by atoms with van der Waals surface area (Å²) in [6.45, 7) is 3.85. The molecule has 0 amide bonds. The highest BCUT2D eigenvalue weighted by molar-refractivity contribution is 5.90. The van der Waals surface area contributed by atoms with Crippen molar-refractivity contribution in [2.75, 3.05) is 17.7 Å². The lowest BCUT2D eigenvalue weighted by Gasteiger charge is -2.29. The lowest BCUT2D eigenvalue weighted by atomic mass is 9.95. The Balaban J connectivity index is 2.45. The Morgan fingerprint density at radius 2 is 2.14 bits per heavy atom. The average Bonchev–Trinajstić information content (AvgIpc) is 2.44. The van der Waals surface area contributed by atoms with Crippen LogP contribution in [0, 0.1) is 5.82 Å². The van der Waals surface area contributed by atoms with Crippen molar-refractivity contribution in [3.63, 3.8) is 0 Å². The number of hydrogen-bond acceptors (Lipinski definition) is 6. The molecule has 2 rings (SSSR count). The van der Waals surface area contributed by atoms with Crippen LogP contribution < -0.4 is 11.1 Å². The van der Waals surface area contributed by atoms with Gasteiger partial charge in [-0.05, 0) is 13.3 Å². The summed E-state index contributed by atoms with van der Waals surface area (Å²) in [5.41, 5.74) is 5.40. The summed E-state index contributed by atoms with van der Waals surface area (Å²) in [4.78, 5) is 11.8. The number of aromatic nitrogens is 3. The number of halogens is 1. The molecule has 0 aliphatic heterocycles. The van der Waals surface area contributed by atoms with Gasteiger partial charge in [0.2, 0.25) is 5.95 Å². The van der Waals surface area contributed by atoms with Gasteiger partial charge in [0, 0.05) is 0 Å². The number of unbranched alkanes of at least 4 members (excludes halogenated alkanes) is 1. The summed E-state index contributed by atoms with van der Waals surface area (Å²) in [6.07, 6.45) is 5.21. The summed E-state index contributed by atoms with van der Waals surface area (Å²) in [5.74, 6) is -0.205. The van der Waals surface area contributed by atoms with E-state index in [1.807, 2.05) is 6.92 Å². The van der Waals surface area contributed by atoms with Gasteiger partial charge in [-0.1, -0.05) is 19.8 Å². The van der Waals surface area contributed by atoms with Crippen LogP contribution in [0.25, 0.3) is 10.9 Å². The molecule has 0 aliphatic rings. The molecule has 7 heteroatoms. The molecule has 0 spiro atoms. The Morgan fingerprint density at radius 1 is 1.38 bits per heavy atom. The number of rotatable bonds is 6. The van der Waals surface area contributed by atoms with E-state index in [-0.39, 0.29) is 23.8 Å². The number of nitrogens with one attached hydrogen (secondary N) is 1. The van der Waals surface area contributed by atoms with Crippen molar-refractivity contribution in [2.24, 2.45) is 0 Å². The van der Waals surface area contributed by atoms with Gasteiger partial charge in [0.15, 0.2) is 5.82 Å². The molecular weight excluding hydrogens is 273 g/mol. The molecule has 0 fully saturated rings. The number of pyridine rings is 1. The van der Waals surface area contributed by atoms with Gasteiger partial charge in [0.05, 0.1) is 35.4 Å². The van der Waals surface area contributed by atoms with Gasteiger partial charge in [-0.2, -0.15) is 4.98 Å². The first-order valence-corrected chi connectivity index (χ1v) is 6.95. The number of anilines is 2. The normalized spacial score (nSPS) is 14.1. The minimum absolute atomic E-state index is 0.0354. The average molecular weight is 293 g/mol. The molecule has 0 radical (unpaired) electrons. The smallest absolute Gasteiger partial charge is 0.222 e. The largest absolute Gasteiger partial charge is 0.394 e. The Morgan fingerprint density at radius 3 is 2.81 bits per heavy atom. The maximum absolute atomic E-state index is 14.0. The van der Waals surface area contributed by atoms with E-state index in [0.717, 1.165) is 25.5 Å². The third-order valence-corrected chi connectivity index (χ3v) is 3.43. The minimum Gasteiger partial charge on any atom is -0.394 e. The maximum atomic E-state index is 14.0. The van der Waals surface area contributed by atoms with E-state index < -0.39 is 11.4 Å². The molecule has 0 aliphatic carbocycles. The molecule has 0 bridgehead atoms.